The number of benzene rings is 1. The summed E-state index contributed by atoms with van der Waals surface area (Å²) in [6.45, 7) is 0. The molecule has 2 aromatic heterocycles. The van der Waals surface area contributed by atoms with E-state index in [0.29, 0.717) is 5.56 Å². The van der Waals surface area contributed by atoms with Crippen LogP contribution in [0.2, 0.25) is 0 Å². The number of nitrogen functional groups attached to an aromatic ring is 1. The number of anilines is 2. The van der Waals surface area contributed by atoms with E-state index in [-0.39, 0.29) is 33.8 Å². The molecule has 0 spiro atoms. The number of nitriles is 1. The normalized spacial score (nSPS) is 15.1. The monoisotopic (exact) mass is 484 g/mol. The van der Waals surface area contributed by atoms with Gasteiger partial charge in [0.25, 0.3) is 0 Å². The Morgan fingerprint density at radius 2 is 1.97 bits per heavy atom. The number of aromatic nitrogens is 3. The molecule has 0 saturated heterocycles. The minimum absolute atomic E-state index is 0.0408. The smallest absolute Gasteiger partial charge is 0.416 e. The number of hydrogen-bond acceptors (Lipinski definition) is 7. The molecule has 3 aromatic rings. The van der Waals surface area contributed by atoms with Crippen LogP contribution in [0.15, 0.2) is 54.5 Å². The molecule has 3 heterocycles. The molecule has 1 aliphatic rings. The molecular weight excluding hydrogens is 469 g/mol. The molecule has 1 unspecified atom stereocenters. The van der Waals surface area contributed by atoms with Gasteiger partial charge in [0.2, 0.25) is 0 Å². The van der Waals surface area contributed by atoms with Gasteiger partial charge >= 0.3 is 18.2 Å². The van der Waals surface area contributed by atoms with Gasteiger partial charge in [-0.15, -0.1) is 0 Å². The number of hydrogen-bond donors (Lipinski definition) is 5. The molecule has 1 aromatic carbocycles. The maximum absolute atomic E-state index is 12.9. The number of dihydropyridines is 1. The molecule has 0 saturated carbocycles. The SMILES string of the molecule is N#Cc1c(C(=O)O)c(-c2ccc(NC(=O)NC3C=C(C(F)(F)F)C=CN3)cc2)c2c(N)ncnn12. The Kier molecular flexibility index (Phi) is 5.75. The fraction of sp³-hybridized carbons (Fsp3) is 0.0952. The first-order valence-corrected chi connectivity index (χ1v) is 9.78. The van der Waals surface area contributed by atoms with E-state index in [1.165, 1.54) is 24.3 Å². The molecule has 178 valence electrons. The van der Waals surface area contributed by atoms with Gasteiger partial charge in [-0.2, -0.15) is 23.5 Å². The fourth-order valence-corrected chi connectivity index (χ4v) is 3.53. The van der Waals surface area contributed by atoms with Crippen LogP contribution in [0.5, 0.6) is 0 Å². The van der Waals surface area contributed by atoms with Gasteiger partial charge in [0.1, 0.15) is 29.6 Å². The summed E-state index contributed by atoms with van der Waals surface area (Å²) in [5, 5.41) is 30.5. The molecule has 2 amide bonds. The second-order valence-corrected chi connectivity index (χ2v) is 7.19. The zero-order chi connectivity index (χ0) is 25.3. The Morgan fingerprint density at radius 3 is 2.60 bits per heavy atom. The van der Waals surface area contributed by atoms with Crippen molar-refractivity contribution in [1.29, 1.82) is 5.26 Å². The second-order valence-electron chi connectivity index (χ2n) is 7.19. The number of aromatic carboxylic acids is 1. The van der Waals surface area contributed by atoms with Crippen molar-refractivity contribution < 1.29 is 27.9 Å². The number of allylic oxidation sites excluding steroid dienone is 2. The number of amides is 2. The number of nitrogens with two attached hydrogens (primary N) is 1. The first-order valence-electron chi connectivity index (χ1n) is 9.78. The van der Waals surface area contributed by atoms with Crippen molar-refractivity contribution in [2.24, 2.45) is 0 Å². The summed E-state index contributed by atoms with van der Waals surface area (Å²) < 4.78 is 39.7. The number of rotatable bonds is 4. The molecule has 35 heavy (non-hydrogen) atoms. The number of nitrogens with zero attached hydrogens (tertiary/aromatic N) is 4. The third-order valence-corrected chi connectivity index (χ3v) is 5.00. The van der Waals surface area contributed by atoms with Gasteiger partial charge in [-0.25, -0.2) is 19.1 Å². The highest BCUT2D eigenvalue weighted by atomic mass is 19.4. The van der Waals surface area contributed by atoms with Crippen LogP contribution in [0.1, 0.15) is 16.1 Å². The van der Waals surface area contributed by atoms with Gasteiger partial charge in [0, 0.05) is 11.3 Å². The van der Waals surface area contributed by atoms with Crippen molar-refractivity contribution in [3.63, 3.8) is 0 Å². The molecule has 0 aliphatic carbocycles. The van der Waals surface area contributed by atoms with Crippen LogP contribution in [-0.4, -0.2) is 44.0 Å². The van der Waals surface area contributed by atoms with E-state index in [1.54, 1.807) is 0 Å². The number of carboxylic acid groups (broad SMARTS) is 1. The molecule has 0 radical (unpaired) electrons. The highest BCUT2D eigenvalue weighted by molar-refractivity contribution is 6.06. The molecule has 1 aliphatic heterocycles. The lowest BCUT2D eigenvalue weighted by Crippen LogP contribution is -2.45. The van der Waals surface area contributed by atoms with Gasteiger partial charge < -0.3 is 26.8 Å². The molecule has 14 heteroatoms. The zero-order valence-corrected chi connectivity index (χ0v) is 17.5. The Hall–Kier alpha value is -5.06. The number of fused-ring (bicyclic) bond motifs is 1. The van der Waals surface area contributed by atoms with Crippen molar-refractivity contribution in [3.05, 3.63) is 65.8 Å². The van der Waals surface area contributed by atoms with Gasteiger partial charge in [-0.05, 0) is 36.0 Å². The van der Waals surface area contributed by atoms with Crippen molar-refractivity contribution in [1.82, 2.24) is 25.2 Å². The molecule has 4 rings (SSSR count). The highest BCUT2D eigenvalue weighted by Crippen LogP contribution is 2.35. The average molecular weight is 484 g/mol. The van der Waals surface area contributed by atoms with Gasteiger partial charge in [0.15, 0.2) is 11.5 Å². The van der Waals surface area contributed by atoms with Crippen molar-refractivity contribution in [2.45, 2.75) is 12.3 Å². The first kappa shape index (κ1) is 23.1. The number of carbonyl (C=O) groups excluding carboxylic acids is 1. The predicted molar refractivity (Wildman–Crippen MR) is 117 cm³/mol. The molecule has 0 fully saturated rings. The summed E-state index contributed by atoms with van der Waals surface area (Å²) in [4.78, 5) is 28.1. The van der Waals surface area contributed by atoms with E-state index in [4.69, 9.17) is 5.73 Å². The minimum atomic E-state index is -4.55. The minimum Gasteiger partial charge on any atom is -0.478 e. The first-order chi connectivity index (χ1) is 16.6. The summed E-state index contributed by atoms with van der Waals surface area (Å²) in [6, 6.07) is 6.88. The highest BCUT2D eigenvalue weighted by Gasteiger charge is 2.33. The Morgan fingerprint density at radius 1 is 1.26 bits per heavy atom. The predicted octanol–water partition coefficient (Wildman–Crippen LogP) is 2.60. The van der Waals surface area contributed by atoms with Crippen LogP contribution in [0.25, 0.3) is 16.6 Å². The fourth-order valence-electron chi connectivity index (χ4n) is 3.53. The number of halogens is 3. The number of nitrogens with one attached hydrogen (secondary N) is 3. The summed E-state index contributed by atoms with van der Waals surface area (Å²) in [6.07, 6.45) is -1.80. The Labute approximate surface area is 194 Å². The third kappa shape index (κ3) is 4.42. The molecular formula is C21H15F3N8O3. The van der Waals surface area contributed by atoms with Crippen molar-refractivity contribution >= 4 is 29.0 Å². The lowest BCUT2D eigenvalue weighted by atomic mass is 10.0. The van der Waals surface area contributed by atoms with Crippen molar-refractivity contribution in [3.8, 4) is 17.2 Å². The zero-order valence-electron chi connectivity index (χ0n) is 17.5. The van der Waals surface area contributed by atoms with E-state index in [0.717, 1.165) is 29.2 Å². The average Bonchev–Trinajstić information content (AvgIpc) is 3.15. The maximum atomic E-state index is 12.9. The standard InChI is InChI=1S/C21H15F3N8O3/c22-21(23,24)11-5-6-27-14(7-11)31-20(35)30-12-3-1-10(2-4-12)15-16(19(33)34)13(8-25)32-17(15)18(26)28-9-29-32/h1-7,9,14,27H,(H,33,34)(H2,26,28,29)(H2,30,31,35). The van der Waals surface area contributed by atoms with Crippen molar-refractivity contribution in [2.75, 3.05) is 11.1 Å². The van der Waals surface area contributed by atoms with Crippen LogP contribution in [0.3, 0.4) is 0 Å². The number of carbonyl (C=O) groups is 2. The third-order valence-electron chi connectivity index (χ3n) is 5.00. The number of urea groups is 1. The summed E-state index contributed by atoms with van der Waals surface area (Å²) in [5.74, 6) is -1.41. The topological polar surface area (TPSA) is 170 Å². The van der Waals surface area contributed by atoms with E-state index < -0.39 is 29.9 Å². The molecule has 0 bridgehead atoms. The van der Waals surface area contributed by atoms with Crippen LogP contribution in [0.4, 0.5) is 29.5 Å². The maximum Gasteiger partial charge on any atom is 0.416 e. The van der Waals surface area contributed by atoms with E-state index in [1.807, 2.05) is 6.07 Å². The van der Waals surface area contributed by atoms with E-state index in [2.05, 4.69) is 26.0 Å². The van der Waals surface area contributed by atoms with E-state index in [9.17, 15) is 33.1 Å². The number of alkyl halides is 3. The molecule has 6 N–H and O–H groups in total. The number of carboxylic acids is 1. The van der Waals surface area contributed by atoms with E-state index >= 15 is 0 Å². The van der Waals surface area contributed by atoms with Gasteiger partial charge in [-0.1, -0.05) is 12.1 Å². The molecule has 11 nitrogen and oxygen atoms in total. The summed E-state index contributed by atoms with van der Waals surface area (Å²) in [5.41, 5.74) is 5.33. The Balaban J connectivity index is 1.59. The lowest BCUT2D eigenvalue weighted by molar-refractivity contribution is -0.0888. The quantitative estimate of drug-likeness (QED) is 0.376. The van der Waals surface area contributed by atoms with Gasteiger partial charge in [0.05, 0.1) is 5.57 Å². The largest absolute Gasteiger partial charge is 0.478 e. The summed E-state index contributed by atoms with van der Waals surface area (Å²) in [7, 11) is 0. The lowest BCUT2D eigenvalue weighted by Gasteiger charge is -2.21. The molecule has 1 atom stereocenters. The summed E-state index contributed by atoms with van der Waals surface area (Å²) >= 11 is 0. The van der Waals surface area contributed by atoms with Crippen LogP contribution < -0.4 is 21.7 Å². The van der Waals surface area contributed by atoms with Crippen LogP contribution in [-0.2, 0) is 0 Å². The van der Waals surface area contributed by atoms with Crippen LogP contribution >= 0.6 is 0 Å². The van der Waals surface area contributed by atoms with Crippen LogP contribution in [0, 0.1) is 11.3 Å². The van der Waals surface area contributed by atoms with Gasteiger partial charge in [-0.3, -0.25) is 0 Å². The Bertz CT molecular complexity index is 1440. The second kappa shape index (κ2) is 8.71.